The van der Waals surface area contributed by atoms with Crippen molar-refractivity contribution in [1.29, 1.82) is 0 Å². The minimum Gasteiger partial charge on any atom is -0.507 e. The van der Waals surface area contributed by atoms with E-state index in [1.165, 1.54) is 19.4 Å². The summed E-state index contributed by atoms with van der Waals surface area (Å²) in [6.07, 6.45) is 6.25. The van der Waals surface area contributed by atoms with Gasteiger partial charge in [-0.2, -0.15) is 0 Å². The van der Waals surface area contributed by atoms with E-state index in [9.17, 15) is 34.8 Å². The second-order valence-electron chi connectivity index (χ2n) is 11.3. The largest absolute Gasteiger partial charge is 0.507 e. The highest BCUT2D eigenvalue weighted by Gasteiger charge is 2.61. The molecular formula is C31H32O9. The normalized spacial score (nSPS) is 26.8. The van der Waals surface area contributed by atoms with E-state index in [0.29, 0.717) is 5.57 Å². The molecule has 2 heterocycles. The second kappa shape index (κ2) is 9.52. The summed E-state index contributed by atoms with van der Waals surface area (Å²) in [6, 6.07) is 2.33. The van der Waals surface area contributed by atoms with Crippen molar-refractivity contribution in [2.75, 3.05) is 0 Å². The molecule has 2 fully saturated rings. The van der Waals surface area contributed by atoms with Crippen LogP contribution in [-0.2, 0) is 14.3 Å². The third-order valence-electron chi connectivity index (χ3n) is 8.42. The van der Waals surface area contributed by atoms with Gasteiger partial charge in [-0.15, -0.1) is 0 Å². The fraction of sp³-hybridized carbons (Fsp3) is 0.387. The number of ketones is 2. The van der Waals surface area contributed by atoms with Gasteiger partial charge in [-0.1, -0.05) is 18.2 Å². The molecule has 9 heteroatoms. The molecule has 2 aromatic rings. The summed E-state index contributed by atoms with van der Waals surface area (Å²) >= 11 is 0. The van der Waals surface area contributed by atoms with Gasteiger partial charge < -0.3 is 29.9 Å². The number of ether oxygens (including phenoxy) is 2. The maximum atomic E-state index is 12.6. The Hall–Kier alpha value is -4.11. The number of benzene rings is 2. The van der Waals surface area contributed by atoms with Gasteiger partial charge in [-0.3, -0.25) is 9.59 Å². The zero-order valence-corrected chi connectivity index (χ0v) is 22.8. The minimum atomic E-state index is -0.825. The number of hydrogen-bond acceptors (Lipinski definition) is 9. The molecule has 4 aliphatic rings. The first-order chi connectivity index (χ1) is 18.8. The average Bonchev–Trinajstić information content (AvgIpc) is 3.47. The van der Waals surface area contributed by atoms with Crippen molar-refractivity contribution in [3.63, 3.8) is 0 Å². The van der Waals surface area contributed by atoms with Gasteiger partial charge in [-0.05, 0) is 76.6 Å². The van der Waals surface area contributed by atoms with Gasteiger partial charge in [0.05, 0.1) is 27.9 Å². The van der Waals surface area contributed by atoms with Gasteiger partial charge in [0.15, 0.2) is 0 Å². The Morgan fingerprint density at radius 3 is 1.93 bits per heavy atom. The van der Waals surface area contributed by atoms with Crippen molar-refractivity contribution in [1.82, 2.24) is 0 Å². The highest BCUT2D eigenvalue weighted by atomic mass is 16.6. The maximum absolute atomic E-state index is 12.6. The smallest absolute Gasteiger partial charge is 0.334 e. The van der Waals surface area contributed by atoms with E-state index in [1.54, 1.807) is 0 Å². The molecule has 0 radical (unpaired) electrons. The number of epoxide rings is 1. The number of carbonyl (C=O) groups excluding carboxylic acids is 3. The third-order valence-corrected chi connectivity index (χ3v) is 8.42. The summed E-state index contributed by atoms with van der Waals surface area (Å²) in [7, 11) is 0. The number of allylic oxidation sites excluding steroid dienone is 2. The predicted octanol–water partition coefficient (Wildman–Crippen LogP) is 4.66. The Bertz CT molecular complexity index is 1460. The van der Waals surface area contributed by atoms with Crippen LogP contribution >= 0.6 is 0 Å². The van der Waals surface area contributed by atoms with Gasteiger partial charge in [0.25, 0.3) is 0 Å². The summed E-state index contributed by atoms with van der Waals surface area (Å²) in [5, 5.41) is 40.1. The van der Waals surface area contributed by atoms with Crippen LogP contribution in [0.3, 0.4) is 0 Å². The van der Waals surface area contributed by atoms with E-state index < -0.39 is 34.6 Å². The molecule has 2 aromatic carbocycles. The predicted molar refractivity (Wildman–Crippen MR) is 144 cm³/mol. The summed E-state index contributed by atoms with van der Waals surface area (Å²) in [5.41, 5.74) is 0.870. The summed E-state index contributed by atoms with van der Waals surface area (Å²) in [4.78, 5) is 36.8. The quantitative estimate of drug-likeness (QED) is 0.103. The Morgan fingerprint density at radius 2 is 1.40 bits per heavy atom. The van der Waals surface area contributed by atoms with Crippen LogP contribution in [0, 0.1) is 19.8 Å². The highest BCUT2D eigenvalue weighted by Crippen LogP contribution is 2.50. The van der Waals surface area contributed by atoms with E-state index in [2.05, 4.69) is 26.5 Å². The minimum absolute atomic E-state index is 0.0671. The lowest BCUT2D eigenvalue weighted by atomic mass is 9.80. The number of rotatable bonds is 0. The van der Waals surface area contributed by atoms with Gasteiger partial charge in [0, 0.05) is 11.5 Å². The summed E-state index contributed by atoms with van der Waals surface area (Å²) in [5.74, 6) is -3.55. The summed E-state index contributed by atoms with van der Waals surface area (Å²) < 4.78 is 11.3. The van der Waals surface area contributed by atoms with Crippen molar-refractivity contribution in [3.8, 4) is 23.0 Å². The monoisotopic (exact) mass is 548 g/mol. The molecule has 2 saturated heterocycles. The van der Waals surface area contributed by atoms with Crippen LogP contribution in [0.15, 0.2) is 35.9 Å². The number of hydrogen-bond donors (Lipinski definition) is 4. The zero-order chi connectivity index (χ0) is 29.3. The van der Waals surface area contributed by atoms with Crippen LogP contribution in [0.2, 0.25) is 0 Å². The summed E-state index contributed by atoms with van der Waals surface area (Å²) in [6.45, 7) is 11.1. The fourth-order valence-corrected chi connectivity index (χ4v) is 5.93. The molecule has 0 amide bonds. The molecule has 0 bridgehead atoms. The number of esters is 1. The number of aromatic hydroxyl groups is 4. The molecule has 40 heavy (non-hydrogen) atoms. The molecule has 0 saturated carbocycles. The van der Waals surface area contributed by atoms with Gasteiger partial charge >= 0.3 is 5.97 Å². The first-order valence-electron chi connectivity index (χ1n) is 13.2. The Balaban J connectivity index is 0.000000164. The molecule has 4 unspecified atom stereocenters. The van der Waals surface area contributed by atoms with Crippen LogP contribution < -0.4 is 0 Å². The van der Waals surface area contributed by atoms with Gasteiger partial charge in [0.2, 0.25) is 11.6 Å². The SMILES string of the molecule is C=C1C(=O)OC2C1CCC(C)=CCCC1(C)OC21.Cc1cc(O)c2c(c1O)C(=O)c1c(O)cc(C)c(O)c1C2=O. The van der Waals surface area contributed by atoms with E-state index in [0.717, 1.165) is 37.8 Å². The molecule has 4 atom stereocenters. The topological polar surface area (TPSA) is 154 Å². The Kier molecular flexibility index (Phi) is 6.53. The van der Waals surface area contributed by atoms with Crippen molar-refractivity contribution in [2.45, 2.75) is 71.2 Å². The molecule has 6 rings (SSSR count). The number of carbonyl (C=O) groups is 3. The third kappa shape index (κ3) is 4.25. The lowest BCUT2D eigenvalue weighted by Gasteiger charge is -2.22. The van der Waals surface area contributed by atoms with E-state index in [4.69, 9.17) is 9.47 Å². The van der Waals surface area contributed by atoms with Crippen LogP contribution in [0.4, 0.5) is 0 Å². The fourth-order valence-electron chi connectivity index (χ4n) is 5.93. The highest BCUT2D eigenvalue weighted by molar-refractivity contribution is 6.32. The Morgan fingerprint density at radius 1 is 0.875 bits per heavy atom. The van der Waals surface area contributed by atoms with E-state index in [1.807, 2.05) is 0 Å². The number of fused-ring (bicyclic) bond motifs is 5. The average molecular weight is 549 g/mol. The Labute approximate surface area is 231 Å². The van der Waals surface area contributed by atoms with Gasteiger partial charge in [-0.25, -0.2) is 4.79 Å². The molecule has 2 aliphatic heterocycles. The first kappa shape index (κ1) is 27.5. The lowest BCUT2D eigenvalue weighted by molar-refractivity contribution is -0.140. The molecular weight excluding hydrogens is 516 g/mol. The van der Waals surface area contributed by atoms with Crippen molar-refractivity contribution >= 4 is 17.5 Å². The molecule has 210 valence electrons. The van der Waals surface area contributed by atoms with Crippen molar-refractivity contribution in [2.24, 2.45) is 5.92 Å². The zero-order valence-electron chi connectivity index (χ0n) is 22.8. The van der Waals surface area contributed by atoms with Crippen molar-refractivity contribution < 1.29 is 44.3 Å². The number of phenolic OH excluding ortho intramolecular Hbond substituents is 4. The molecule has 0 spiro atoms. The van der Waals surface area contributed by atoms with Crippen LogP contribution in [0.1, 0.15) is 82.5 Å². The van der Waals surface area contributed by atoms with Crippen molar-refractivity contribution in [3.05, 3.63) is 69.3 Å². The van der Waals surface area contributed by atoms with Crippen LogP contribution in [-0.4, -0.2) is 55.8 Å². The van der Waals surface area contributed by atoms with E-state index >= 15 is 0 Å². The standard InChI is InChI=1S/C16H12O6.C15H20O3/c1-5-3-7(17)9-11(13(5)19)15(21)10-8(18)4-6(2)14(20)12(10)16(9)22;1-9-5-4-8-15(3)13(18-15)12-11(7-6-9)10(2)14(16)17-12/h3-4,17-20H,1-2H3;5,11-13H,2,4,6-8H2,1,3H3. The van der Waals surface area contributed by atoms with Crippen LogP contribution in [0.5, 0.6) is 23.0 Å². The maximum Gasteiger partial charge on any atom is 0.334 e. The number of phenols is 4. The molecule has 4 N–H and O–H groups in total. The van der Waals surface area contributed by atoms with E-state index in [-0.39, 0.29) is 63.1 Å². The van der Waals surface area contributed by atoms with Gasteiger partial charge in [0.1, 0.15) is 35.2 Å². The number of aryl methyl sites for hydroxylation is 2. The molecule has 0 aromatic heterocycles. The first-order valence-corrected chi connectivity index (χ1v) is 13.2. The van der Waals surface area contributed by atoms with Crippen LogP contribution in [0.25, 0.3) is 0 Å². The lowest BCUT2D eigenvalue weighted by Crippen LogP contribution is -2.28. The second-order valence-corrected chi connectivity index (χ2v) is 11.3. The molecule has 9 nitrogen and oxygen atoms in total. The molecule has 2 aliphatic carbocycles.